The fourth-order valence-corrected chi connectivity index (χ4v) is 2.92. The summed E-state index contributed by atoms with van der Waals surface area (Å²) < 4.78 is 5.73. The first-order valence-corrected chi connectivity index (χ1v) is 9.35. The van der Waals surface area contributed by atoms with Crippen molar-refractivity contribution in [3.63, 3.8) is 0 Å². The summed E-state index contributed by atoms with van der Waals surface area (Å²) in [6.07, 6.45) is 3.50. The highest BCUT2D eigenvalue weighted by atomic mass is 16.3. The van der Waals surface area contributed by atoms with Gasteiger partial charge >= 0.3 is 6.03 Å². The van der Waals surface area contributed by atoms with Crippen LogP contribution in [-0.2, 0) is 4.79 Å². The molecule has 0 spiro atoms. The van der Waals surface area contributed by atoms with Crippen molar-refractivity contribution in [3.8, 4) is 11.3 Å². The van der Waals surface area contributed by atoms with Crippen LogP contribution >= 0.6 is 0 Å². The van der Waals surface area contributed by atoms with Crippen molar-refractivity contribution in [1.29, 1.82) is 0 Å². The number of unbranched alkanes of at least 4 members (excludes halogenated alkanes) is 1. The van der Waals surface area contributed by atoms with E-state index in [4.69, 9.17) is 4.42 Å². The largest absolute Gasteiger partial charge is 0.457 e. The van der Waals surface area contributed by atoms with Crippen LogP contribution in [0.5, 0.6) is 0 Å². The third-order valence-corrected chi connectivity index (χ3v) is 4.50. The van der Waals surface area contributed by atoms with Gasteiger partial charge in [-0.25, -0.2) is 4.79 Å². The first kappa shape index (κ1) is 19.4. The quantitative estimate of drug-likeness (QED) is 0.568. The van der Waals surface area contributed by atoms with Gasteiger partial charge in [0.25, 0.3) is 11.8 Å². The molecule has 1 aromatic carbocycles. The smallest absolute Gasteiger partial charge is 0.326 e. The molecular formula is C21H23N3O4. The molecule has 1 fully saturated rings. The molecule has 4 amide bonds. The van der Waals surface area contributed by atoms with E-state index in [1.807, 2.05) is 24.0 Å². The van der Waals surface area contributed by atoms with Crippen LogP contribution in [0.4, 0.5) is 4.79 Å². The van der Waals surface area contributed by atoms with Crippen LogP contribution in [0.2, 0.25) is 0 Å². The molecule has 2 aromatic rings. The summed E-state index contributed by atoms with van der Waals surface area (Å²) in [5.41, 5.74) is 1.59. The van der Waals surface area contributed by atoms with Crippen molar-refractivity contribution in [2.24, 2.45) is 0 Å². The molecule has 28 heavy (non-hydrogen) atoms. The lowest BCUT2D eigenvalue weighted by Gasteiger charge is -2.20. The SMILES string of the molecule is CCCCN(CC)C(=O)c1ccc(-c2ccc(C=C3NC(=O)NC3=O)o2)cc1. The lowest BCUT2D eigenvalue weighted by Crippen LogP contribution is -2.31. The van der Waals surface area contributed by atoms with Gasteiger partial charge in [-0.05, 0) is 37.6 Å². The van der Waals surface area contributed by atoms with Crippen molar-refractivity contribution in [3.05, 3.63) is 53.4 Å². The number of imide groups is 1. The Labute approximate surface area is 163 Å². The van der Waals surface area contributed by atoms with E-state index in [2.05, 4.69) is 17.6 Å². The van der Waals surface area contributed by atoms with Gasteiger partial charge < -0.3 is 14.6 Å². The van der Waals surface area contributed by atoms with E-state index in [0.717, 1.165) is 24.9 Å². The molecule has 2 N–H and O–H groups in total. The molecule has 1 saturated heterocycles. The van der Waals surface area contributed by atoms with Crippen LogP contribution in [0.15, 0.2) is 46.5 Å². The number of furan rings is 1. The van der Waals surface area contributed by atoms with Gasteiger partial charge in [0.05, 0.1) is 0 Å². The lowest BCUT2D eigenvalue weighted by atomic mass is 10.1. The Morgan fingerprint density at radius 3 is 2.43 bits per heavy atom. The molecule has 0 aliphatic carbocycles. The molecule has 7 nitrogen and oxygen atoms in total. The van der Waals surface area contributed by atoms with Crippen molar-refractivity contribution >= 4 is 23.9 Å². The number of amides is 4. The van der Waals surface area contributed by atoms with Gasteiger partial charge in [0.2, 0.25) is 0 Å². The number of urea groups is 1. The summed E-state index contributed by atoms with van der Waals surface area (Å²) in [6, 6.07) is 10.2. The minimum absolute atomic E-state index is 0.0235. The molecule has 0 saturated carbocycles. The highest BCUT2D eigenvalue weighted by Crippen LogP contribution is 2.24. The summed E-state index contributed by atoms with van der Waals surface area (Å²) in [5, 5.41) is 4.55. The molecular weight excluding hydrogens is 358 g/mol. The van der Waals surface area contributed by atoms with Crippen molar-refractivity contribution in [1.82, 2.24) is 15.5 Å². The average molecular weight is 381 g/mol. The third kappa shape index (κ3) is 4.31. The maximum atomic E-state index is 12.6. The summed E-state index contributed by atoms with van der Waals surface area (Å²) in [4.78, 5) is 37.2. The Bertz CT molecular complexity index is 912. The van der Waals surface area contributed by atoms with Crippen LogP contribution in [0.1, 0.15) is 42.8 Å². The minimum Gasteiger partial charge on any atom is -0.457 e. The standard InChI is InChI=1S/C21H23N3O4/c1-3-5-12-24(4-2)20(26)15-8-6-14(7-9-15)18-11-10-16(28-18)13-17-19(25)23-21(27)22-17/h6-11,13H,3-5,12H2,1-2H3,(H2,22,23,25,27). The average Bonchev–Trinajstić information content (AvgIpc) is 3.28. The second-order valence-corrected chi connectivity index (χ2v) is 6.48. The molecule has 7 heteroatoms. The van der Waals surface area contributed by atoms with E-state index < -0.39 is 11.9 Å². The zero-order chi connectivity index (χ0) is 20.1. The van der Waals surface area contributed by atoms with Crippen molar-refractivity contribution in [2.45, 2.75) is 26.7 Å². The summed E-state index contributed by atoms with van der Waals surface area (Å²) in [6.45, 7) is 5.52. The topological polar surface area (TPSA) is 91.7 Å². The number of benzene rings is 1. The fraction of sp³-hybridized carbons (Fsp3) is 0.286. The van der Waals surface area contributed by atoms with Gasteiger partial charge in [0.15, 0.2) is 0 Å². The number of hydrogen-bond donors (Lipinski definition) is 2. The van der Waals surface area contributed by atoms with E-state index >= 15 is 0 Å². The molecule has 0 unspecified atom stereocenters. The molecule has 1 aliphatic rings. The van der Waals surface area contributed by atoms with E-state index in [-0.39, 0.29) is 11.6 Å². The van der Waals surface area contributed by atoms with Gasteiger partial charge in [-0.15, -0.1) is 0 Å². The zero-order valence-corrected chi connectivity index (χ0v) is 16.0. The first-order chi connectivity index (χ1) is 13.5. The van der Waals surface area contributed by atoms with E-state index in [0.29, 0.717) is 23.6 Å². The van der Waals surface area contributed by atoms with Crippen LogP contribution in [0, 0.1) is 0 Å². The van der Waals surface area contributed by atoms with Gasteiger partial charge in [0, 0.05) is 30.3 Å². The van der Waals surface area contributed by atoms with Gasteiger partial charge in [-0.1, -0.05) is 25.5 Å². The molecule has 3 rings (SSSR count). The van der Waals surface area contributed by atoms with Crippen molar-refractivity contribution in [2.75, 3.05) is 13.1 Å². The van der Waals surface area contributed by atoms with E-state index in [1.54, 1.807) is 24.3 Å². The summed E-state index contributed by atoms with van der Waals surface area (Å²) in [5.74, 6) is 0.581. The molecule has 0 atom stereocenters. The summed E-state index contributed by atoms with van der Waals surface area (Å²) in [7, 11) is 0. The Kier molecular flexibility index (Phi) is 5.93. The highest BCUT2D eigenvalue weighted by molar-refractivity contribution is 6.13. The Morgan fingerprint density at radius 1 is 1.07 bits per heavy atom. The number of hydrogen-bond acceptors (Lipinski definition) is 4. The molecule has 146 valence electrons. The second kappa shape index (κ2) is 8.56. The van der Waals surface area contributed by atoms with Crippen LogP contribution in [0.25, 0.3) is 17.4 Å². The fourth-order valence-electron chi connectivity index (χ4n) is 2.92. The predicted octanol–water partition coefficient (Wildman–Crippen LogP) is 3.39. The summed E-state index contributed by atoms with van der Waals surface area (Å²) >= 11 is 0. The number of carbonyl (C=O) groups is 3. The van der Waals surface area contributed by atoms with E-state index in [9.17, 15) is 14.4 Å². The normalized spacial score (nSPS) is 14.9. The van der Waals surface area contributed by atoms with Crippen LogP contribution in [0.3, 0.4) is 0 Å². The maximum absolute atomic E-state index is 12.6. The molecule has 1 aliphatic heterocycles. The second-order valence-electron chi connectivity index (χ2n) is 6.48. The first-order valence-electron chi connectivity index (χ1n) is 9.35. The van der Waals surface area contributed by atoms with Gasteiger partial charge in [0.1, 0.15) is 17.2 Å². The zero-order valence-electron chi connectivity index (χ0n) is 16.0. The lowest BCUT2D eigenvalue weighted by molar-refractivity contribution is -0.115. The molecule has 1 aromatic heterocycles. The van der Waals surface area contributed by atoms with Gasteiger partial charge in [-0.2, -0.15) is 0 Å². The number of nitrogens with zero attached hydrogens (tertiary/aromatic N) is 1. The number of rotatable bonds is 7. The Hall–Kier alpha value is -3.35. The van der Waals surface area contributed by atoms with Crippen molar-refractivity contribution < 1.29 is 18.8 Å². The Morgan fingerprint density at radius 2 is 1.82 bits per heavy atom. The molecule has 0 radical (unpaired) electrons. The Balaban J connectivity index is 1.73. The number of carbonyl (C=O) groups excluding carboxylic acids is 3. The molecule has 2 heterocycles. The number of nitrogens with one attached hydrogen (secondary N) is 2. The predicted molar refractivity (Wildman–Crippen MR) is 105 cm³/mol. The third-order valence-electron chi connectivity index (χ3n) is 4.50. The molecule has 0 bridgehead atoms. The van der Waals surface area contributed by atoms with E-state index in [1.165, 1.54) is 6.08 Å². The maximum Gasteiger partial charge on any atom is 0.326 e. The van der Waals surface area contributed by atoms with Gasteiger partial charge in [-0.3, -0.25) is 14.9 Å². The van der Waals surface area contributed by atoms with Crippen LogP contribution in [-0.4, -0.2) is 35.8 Å². The van der Waals surface area contributed by atoms with Crippen LogP contribution < -0.4 is 10.6 Å². The monoisotopic (exact) mass is 381 g/mol. The minimum atomic E-state index is -0.552. The highest BCUT2D eigenvalue weighted by Gasteiger charge is 2.23.